The highest BCUT2D eigenvalue weighted by atomic mass is 35.5. The molecule has 1 atom stereocenters. The summed E-state index contributed by atoms with van der Waals surface area (Å²) in [6.45, 7) is 0.900. The van der Waals surface area contributed by atoms with Gasteiger partial charge in [0.15, 0.2) is 5.82 Å². The number of pyridine rings is 1. The fourth-order valence-corrected chi connectivity index (χ4v) is 3.57. The summed E-state index contributed by atoms with van der Waals surface area (Å²) in [5.74, 6) is 0.856. The molecule has 0 saturated carbocycles. The second-order valence-corrected chi connectivity index (χ2v) is 7.06. The number of nitrogens with zero attached hydrogens (tertiary/aromatic N) is 3. The summed E-state index contributed by atoms with van der Waals surface area (Å²) in [6, 6.07) is 13.9. The van der Waals surface area contributed by atoms with Crippen molar-refractivity contribution < 1.29 is 5.11 Å². The predicted octanol–water partition coefficient (Wildman–Crippen LogP) is 3.32. The van der Waals surface area contributed by atoms with Gasteiger partial charge in [-0.3, -0.25) is 0 Å². The lowest BCUT2D eigenvalue weighted by molar-refractivity contribution is 0.413. The van der Waals surface area contributed by atoms with Crippen LogP contribution in [0.2, 0.25) is 5.02 Å². The minimum atomic E-state index is 0.211. The van der Waals surface area contributed by atoms with Gasteiger partial charge in [-0.15, -0.1) is 0 Å². The second kappa shape index (κ2) is 7.48. The topological polar surface area (TPSA) is 63.0 Å². The summed E-state index contributed by atoms with van der Waals surface area (Å²) in [7, 11) is 0. The van der Waals surface area contributed by atoms with Gasteiger partial charge in [-0.2, -0.15) is 9.78 Å². The number of fused-ring (bicyclic) bond motifs is 1. The number of hydrogen-bond acceptors (Lipinski definition) is 4. The zero-order valence-electron chi connectivity index (χ0n) is 14.4. The molecular formula is C20H21ClN4O. The predicted molar refractivity (Wildman–Crippen MR) is 102 cm³/mol. The molecule has 5 nitrogen and oxygen atoms in total. The number of halogens is 1. The second-order valence-electron chi connectivity index (χ2n) is 6.62. The van der Waals surface area contributed by atoms with Crippen molar-refractivity contribution in [1.82, 2.24) is 20.1 Å². The van der Waals surface area contributed by atoms with E-state index in [0.717, 1.165) is 48.5 Å². The van der Waals surface area contributed by atoms with E-state index in [9.17, 15) is 5.11 Å². The van der Waals surface area contributed by atoms with E-state index in [2.05, 4.69) is 27.5 Å². The Labute approximate surface area is 157 Å². The van der Waals surface area contributed by atoms with Gasteiger partial charge in [-0.1, -0.05) is 29.8 Å². The van der Waals surface area contributed by atoms with Gasteiger partial charge >= 0.3 is 0 Å². The molecule has 0 saturated heterocycles. The summed E-state index contributed by atoms with van der Waals surface area (Å²) in [4.78, 5) is 4.28. The van der Waals surface area contributed by atoms with Crippen LogP contribution in [0.15, 0.2) is 48.7 Å². The molecule has 3 aromatic rings. The van der Waals surface area contributed by atoms with Crippen molar-refractivity contribution in [3.63, 3.8) is 0 Å². The molecule has 0 fully saturated rings. The molecule has 4 rings (SSSR count). The average Bonchev–Trinajstić information content (AvgIpc) is 3.00. The van der Waals surface area contributed by atoms with Crippen LogP contribution in [0.4, 0.5) is 0 Å². The van der Waals surface area contributed by atoms with Gasteiger partial charge in [0.05, 0.1) is 5.69 Å². The third-order valence-electron chi connectivity index (χ3n) is 4.85. The minimum absolute atomic E-state index is 0.211. The summed E-state index contributed by atoms with van der Waals surface area (Å²) < 4.78 is 1.54. The normalized spacial score (nSPS) is 16.4. The number of rotatable bonds is 5. The highest BCUT2D eigenvalue weighted by molar-refractivity contribution is 6.30. The Bertz CT molecular complexity index is 877. The van der Waals surface area contributed by atoms with E-state index in [-0.39, 0.29) is 5.88 Å². The van der Waals surface area contributed by atoms with E-state index in [1.165, 1.54) is 5.56 Å². The minimum Gasteiger partial charge on any atom is -0.493 e. The summed E-state index contributed by atoms with van der Waals surface area (Å²) >= 11 is 5.92. The summed E-state index contributed by atoms with van der Waals surface area (Å²) in [5, 5.41) is 19.5. The zero-order chi connectivity index (χ0) is 17.9. The Morgan fingerprint density at radius 2 is 2.04 bits per heavy atom. The van der Waals surface area contributed by atoms with Crippen molar-refractivity contribution in [3.05, 3.63) is 70.5 Å². The Hall–Kier alpha value is -2.37. The third-order valence-corrected chi connectivity index (χ3v) is 5.10. The number of aryl methyl sites for hydroxylation is 1. The zero-order valence-corrected chi connectivity index (χ0v) is 15.2. The maximum absolute atomic E-state index is 10.6. The molecule has 1 unspecified atom stereocenters. The molecule has 1 aliphatic carbocycles. The van der Waals surface area contributed by atoms with Gasteiger partial charge in [0.1, 0.15) is 0 Å². The lowest BCUT2D eigenvalue weighted by atomic mass is 9.93. The highest BCUT2D eigenvalue weighted by Crippen LogP contribution is 2.30. The van der Waals surface area contributed by atoms with Gasteiger partial charge in [-0.25, -0.2) is 4.98 Å². The quantitative estimate of drug-likeness (QED) is 0.725. The largest absolute Gasteiger partial charge is 0.493 e. The average molecular weight is 369 g/mol. The first-order valence-electron chi connectivity index (χ1n) is 8.89. The van der Waals surface area contributed by atoms with Crippen LogP contribution in [-0.4, -0.2) is 32.5 Å². The lowest BCUT2D eigenvalue weighted by Crippen LogP contribution is -2.35. The molecule has 0 radical (unpaired) electrons. The van der Waals surface area contributed by atoms with E-state index < -0.39 is 0 Å². The smallest absolute Gasteiger partial charge is 0.219 e. The van der Waals surface area contributed by atoms with Crippen LogP contribution in [0, 0.1) is 0 Å². The van der Waals surface area contributed by atoms with Gasteiger partial charge in [-0.05, 0) is 62.1 Å². The monoisotopic (exact) mass is 368 g/mol. The molecule has 0 aliphatic heterocycles. The number of nitrogens with one attached hydrogen (secondary N) is 1. The van der Waals surface area contributed by atoms with Crippen molar-refractivity contribution in [2.24, 2.45) is 0 Å². The molecule has 0 amide bonds. The van der Waals surface area contributed by atoms with Crippen LogP contribution in [0.5, 0.6) is 5.88 Å². The Morgan fingerprint density at radius 1 is 1.19 bits per heavy atom. The van der Waals surface area contributed by atoms with Crippen molar-refractivity contribution in [2.75, 3.05) is 6.54 Å². The molecule has 0 bridgehead atoms. The first-order valence-corrected chi connectivity index (χ1v) is 9.27. The number of aromatic hydroxyl groups is 1. The first-order chi connectivity index (χ1) is 12.7. The molecular weight excluding hydrogens is 348 g/mol. The van der Waals surface area contributed by atoms with E-state index in [1.54, 1.807) is 10.9 Å². The molecule has 1 aliphatic rings. The summed E-state index contributed by atoms with van der Waals surface area (Å²) in [5.41, 5.74) is 3.18. The molecule has 2 aromatic heterocycles. The van der Waals surface area contributed by atoms with E-state index >= 15 is 0 Å². The molecule has 0 spiro atoms. The molecule has 1 aromatic carbocycles. The lowest BCUT2D eigenvalue weighted by Gasteiger charge is -2.22. The molecule has 26 heavy (non-hydrogen) atoms. The summed E-state index contributed by atoms with van der Waals surface area (Å²) in [6.07, 6.45) is 5.33. The van der Waals surface area contributed by atoms with Gasteiger partial charge in [0.25, 0.3) is 0 Å². The fourth-order valence-electron chi connectivity index (χ4n) is 3.44. The van der Waals surface area contributed by atoms with Crippen molar-refractivity contribution in [2.45, 2.75) is 31.7 Å². The van der Waals surface area contributed by atoms with E-state index in [1.807, 2.05) is 30.3 Å². The highest BCUT2D eigenvalue weighted by Gasteiger charge is 2.26. The van der Waals surface area contributed by atoms with Crippen molar-refractivity contribution in [1.29, 1.82) is 0 Å². The Balaban J connectivity index is 1.40. The molecule has 6 heteroatoms. The van der Waals surface area contributed by atoms with Crippen LogP contribution in [-0.2, 0) is 19.3 Å². The van der Waals surface area contributed by atoms with Crippen LogP contribution >= 0.6 is 11.6 Å². The molecule has 134 valence electrons. The molecule has 2 heterocycles. The number of benzene rings is 1. The first kappa shape index (κ1) is 17.1. The maximum atomic E-state index is 10.6. The van der Waals surface area contributed by atoms with Gasteiger partial charge < -0.3 is 10.4 Å². The SMILES string of the molecule is Oc1c2c(nn1-c1ccccn1)CCC(NCCc1ccc(Cl)cc1)C2. The van der Waals surface area contributed by atoms with Crippen molar-refractivity contribution in [3.8, 4) is 11.7 Å². The van der Waals surface area contributed by atoms with E-state index in [0.29, 0.717) is 11.9 Å². The number of aromatic nitrogens is 3. The van der Waals surface area contributed by atoms with Crippen molar-refractivity contribution >= 4 is 11.6 Å². The van der Waals surface area contributed by atoms with E-state index in [4.69, 9.17) is 11.6 Å². The molecule has 2 N–H and O–H groups in total. The number of hydrogen-bond donors (Lipinski definition) is 2. The van der Waals surface area contributed by atoms with Crippen LogP contribution in [0.3, 0.4) is 0 Å². The standard InChI is InChI=1S/C20H21ClN4O/c21-15-6-4-14(5-7-15)10-12-22-16-8-9-18-17(13-16)20(26)25(24-18)19-3-1-2-11-23-19/h1-7,11,16,22,26H,8-10,12-13H2. The van der Waals surface area contributed by atoms with Gasteiger partial charge in [0.2, 0.25) is 5.88 Å². The Morgan fingerprint density at radius 3 is 2.81 bits per heavy atom. The van der Waals surface area contributed by atoms with Crippen LogP contribution in [0.1, 0.15) is 23.2 Å². The fraction of sp³-hybridized carbons (Fsp3) is 0.300. The van der Waals surface area contributed by atoms with Gasteiger partial charge in [0, 0.05) is 22.8 Å². The van der Waals surface area contributed by atoms with Crippen LogP contribution < -0.4 is 5.32 Å². The van der Waals surface area contributed by atoms with Crippen LogP contribution in [0.25, 0.3) is 5.82 Å². The maximum Gasteiger partial charge on any atom is 0.219 e. The Kier molecular flexibility index (Phi) is 4.91. The third kappa shape index (κ3) is 3.59.